The van der Waals surface area contributed by atoms with Crippen LogP contribution in [0.25, 0.3) is 0 Å². The Morgan fingerprint density at radius 3 is 2.71 bits per heavy atom. The zero-order valence-electron chi connectivity index (χ0n) is 9.47. The molecule has 4 nitrogen and oxygen atoms in total. The van der Waals surface area contributed by atoms with Gasteiger partial charge in [0.2, 0.25) is 0 Å². The zero-order chi connectivity index (χ0) is 12.6. The highest BCUT2D eigenvalue weighted by Gasteiger charge is 2.32. The van der Waals surface area contributed by atoms with Crippen LogP contribution in [-0.2, 0) is 10.0 Å². The van der Waals surface area contributed by atoms with Crippen LogP contribution in [0.3, 0.4) is 0 Å². The molecule has 0 amide bonds. The Labute approximate surface area is 110 Å². The van der Waals surface area contributed by atoms with E-state index in [-0.39, 0.29) is 6.04 Å². The summed E-state index contributed by atoms with van der Waals surface area (Å²) in [7, 11) is -3.42. The van der Waals surface area contributed by atoms with Gasteiger partial charge in [0.25, 0.3) is 10.0 Å². The van der Waals surface area contributed by atoms with Crippen molar-refractivity contribution in [2.75, 3.05) is 13.1 Å². The minimum Gasteiger partial charge on any atom is -0.326 e. The number of hydrogen-bond acceptors (Lipinski definition) is 4. The predicted molar refractivity (Wildman–Crippen MR) is 69.8 cm³/mol. The fourth-order valence-corrected chi connectivity index (χ4v) is 5.36. The first-order chi connectivity index (χ1) is 7.89. The first kappa shape index (κ1) is 13.3. The molecule has 1 aromatic rings. The lowest BCUT2D eigenvalue weighted by molar-refractivity contribution is 0.255. The van der Waals surface area contributed by atoms with Gasteiger partial charge in [-0.2, -0.15) is 4.31 Å². The van der Waals surface area contributed by atoms with Crippen LogP contribution < -0.4 is 5.73 Å². The molecule has 1 aliphatic heterocycles. The third kappa shape index (κ3) is 2.82. The molecule has 7 heteroatoms. The van der Waals surface area contributed by atoms with Crippen molar-refractivity contribution in [3.8, 4) is 0 Å². The highest BCUT2D eigenvalue weighted by atomic mass is 35.5. The third-order valence-electron chi connectivity index (χ3n) is 2.80. The molecule has 2 N–H and O–H groups in total. The van der Waals surface area contributed by atoms with Gasteiger partial charge < -0.3 is 5.73 Å². The Bertz CT molecular complexity index is 490. The van der Waals surface area contributed by atoms with Crippen molar-refractivity contribution in [2.45, 2.75) is 23.6 Å². The Morgan fingerprint density at radius 2 is 2.18 bits per heavy atom. The summed E-state index contributed by atoms with van der Waals surface area (Å²) in [4.78, 5) is 0. The normalized spacial score (nSPS) is 27.2. The number of rotatable bonds is 2. The highest BCUT2D eigenvalue weighted by Crippen LogP contribution is 2.30. The average Bonchev–Trinajstić information content (AvgIpc) is 2.64. The number of halogens is 1. The molecule has 1 aromatic heterocycles. The second-order valence-corrected chi connectivity index (χ2v) is 8.36. The summed E-state index contributed by atoms with van der Waals surface area (Å²) in [5.41, 5.74) is 5.87. The maximum Gasteiger partial charge on any atom is 0.252 e. The van der Waals surface area contributed by atoms with E-state index in [4.69, 9.17) is 17.3 Å². The molecule has 17 heavy (non-hydrogen) atoms. The van der Waals surface area contributed by atoms with E-state index in [0.29, 0.717) is 27.6 Å². The number of nitrogens with two attached hydrogens (primary N) is 1. The first-order valence-electron chi connectivity index (χ1n) is 5.40. The van der Waals surface area contributed by atoms with Gasteiger partial charge in [0.1, 0.15) is 4.21 Å². The van der Waals surface area contributed by atoms with E-state index in [1.54, 1.807) is 12.1 Å². The van der Waals surface area contributed by atoms with E-state index in [0.717, 1.165) is 17.8 Å². The van der Waals surface area contributed by atoms with E-state index >= 15 is 0 Å². The highest BCUT2D eigenvalue weighted by molar-refractivity contribution is 7.91. The van der Waals surface area contributed by atoms with Gasteiger partial charge in [0.05, 0.1) is 4.34 Å². The van der Waals surface area contributed by atoms with E-state index in [1.165, 1.54) is 4.31 Å². The third-order valence-corrected chi connectivity index (χ3v) is 6.33. The summed E-state index contributed by atoms with van der Waals surface area (Å²) in [5.74, 6) is 0.295. The van der Waals surface area contributed by atoms with Gasteiger partial charge >= 0.3 is 0 Å². The molecule has 0 aliphatic carbocycles. The first-order valence-corrected chi connectivity index (χ1v) is 8.04. The Morgan fingerprint density at radius 1 is 1.47 bits per heavy atom. The quantitative estimate of drug-likeness (QED) is 0.904. The molecule has 0 bridgehead atoms. The molecular weight excluding hydrogens is 280 g/mol. The van der Waals surface area contributed by atoms with Crippen molar-refractivity contribution in [3.05, 3.63) is 16.5 Å². The molecule has 2 atom stereocenters. The largest absolute Gasteiger partial charge is 0.326 e. The maximum atomic E-state index is 12.3. The Kier molecular flexibility index (Phi) is 3.80. The molecule has 2 heterocycles. The second-order valence-electron chi connectivity index (χ2n) is 4.48. The topological polar surface area (TPSA) is 63.4 Å². The van der Waals surface area contributed by atoms with Crippen LogP contribution in [0, 0.1) is 5.92 Å². The molecule has 1 aliphatic rings. The van der Waals surface area contributed by atoms with Crippen molar-refractivity contribution < 1.29 is 8.42 Å². The predicted octanol–water partition coefficient (Wildman–Crippen LogP) is 1.76. The molecule has 0 saturated carbocycles. The summed E-state index contributed by atoms with van der Waals surface area (Å²) in [5, 5.41) is 0. The second kappa shape index (κ2) is 4.85. The SMILES string of the molecule is CC1CC(N)CN(S(=O)(=O)c2ccc(Cl)s2)C1. The number of sulfonamides is 1. The summed E-state index contributed by atoms with van der Waals surface area (Å²) in [6.45, 7) is 2.94. The van der Waals surface area contributed by atoms with E-state index in [9.17, 15) is 8.42 Å². The molecule has 0 spiro atoms. The molecule has 96 valence electrons. The van der Waals surface area contributed by atoms with Gasteiger partial charge in [0, 0.05) is 19.1 Å². The van der Waals surface area contributed by atoms with E-state index in [1.807, 2.05) is 6.92 Å². The van der Waals surface area contributed by atoms with Gasteiger partial charge in [-0.05, 0) is 24.5 Å². The number of thiophene rings is 1. The lowest BCUT2D eigenvalue weighted by Crippen LogP contribution is -2.48. The van der Waals surface area contributed by atoms with Crippen molar-refractivity contribution >= 4 is 33.0 Å². The molecule has 1 fully saturated rings. The lowest BCUT2D eigenvalue weighted by Gasteiger charge is -2.33. The van der Waals surface area contributed by atoms with Crippen LogP contribution in [0.1, 0.15) is 13.3 Å². The number of piperidine rings is 1. The van der Waals surface area contributed by atoms with Crippen LogP contribution >= 0.6 is 22.9 Å². The molecular formula is C10H15ClN2O2S2. The number of hydrogen-bond donors (Lipinski definition) is 1. The van der Waals surface area contributed by atoms with Gasteiger partial charge in [-0.3, -0.25) is 0 Å². The van der Waals surface area contributed by atoms with Gasteiger partial charge in [-0.1, -0.05) is 18.5 Å². The summed E-state index contributed by atoms with van der Waals surface area (Å²) >= 11 is 6.86. The van der Waals surface area contributed by atoms with Crippen LogP contribution in [-0.4, -0.2) is 31.9 Å². The Hall–Kier alpha value is -0.140. The lowest BCUT2D eigenvalue weighted by atomic mass is 9.99. The van der Waals surface area contributed by atoms with Crippen LogP contribution in [0.2, 0.25) is 4.34 Å². The summed E-state index contributed by atoms with van der Waals surface area (Å²) in [6, 6.07) is 3.07. The molecule has 2 unspecified atom stereocenters. The molecule has 0 aromatic carbocycles. The van der Waals surface area contributed by atoms with E-state index < -0.39 is 10.0 Å². The average molecular weight is 295 g/mol. The fraction of sp³-hybridized carbons (Fsp3) is 0.600. The fourth-order valence-electron chi connectivity index (χ4n) is 2.11. The summed E-state index contributed by atoms with van der Waals surface area (Å²) < 4.78 is 26.9. The van der Waals surface area contributed by atoms with Gasteiger partial charge in [-0.15, -0.1) is 11.3 Å². The smallest absolute Gasteiger partial charge is 0.252 e. The minimum atomic E-state index is -3.42. The molecule has 2 rings (SSSR count). The molecule has 0 radical (unpaired) electrons. The zero-order valence-corrected chi connectivity index (χ0v) is 11.9. The number of nitrogens with zero attached hydrogens (tertiary/aromatic N) is 1. The van der Waals surface area contributed by atoms with Crippen LogP contribution in [0.15, 0.2) is 16.3 Å². The van der Waals surface area contributed by atoms with Crippen LogP contribution in [0.4, 0.5) is 0 Å². The maximum absolute atomic E-state index is 12.3. The monoisotopic (exact) mass is 294 g/mol. The van der Waals surface area contributed by atoms with Gasteiger partial charge in [0.15, 0.2) is 0 Å². The molecule has 1 saturated heterocycles. The van der Waals surface area contributed by atoms with Crippen LogP contribution in [0.5, 0.6) is 0 Å². The summed E-state index contributed by atoms with van der Waals surface area (Å²) in [6.07, 6.45) is 0.872. The Balaban J connectivity index is 2.26. The van der Waals surface area contributed by atoms with E-state index in [2.05, 4.69) is 0 Å². The van der Waals surface area contributed by atoms with Gasteiger partial charge in [-0.25, -0.2) is 8.42 Å². The standard InChI is InChI=1S/C10H15ClN2O2S2/c1-7-4-8(12)6-13(5-7)17(14,15)10-3-2-9(11)16-10/h2-3,7-8H,4-6,12H2,1H3. The van der Waals surface area contributed by atoms with Crippen molar-refractivity contribution in [3.63, 3.8) is 0 Å². The van der Waals surface area contributed by atoms with Crippen molar-refractivity contribution in [1.82, 2.24) is 4.31 Å². The minimum absolute atomic E-state index is 0.0797. The van der Waals surface area contributed by atoms with Crippen molar-refractivity contribution in [1.29, 1.82) is 0 Å². The van der Waals surface area contributed by atoms with Crippen molar-refractivity contribution in [2.24, 2.45) is 11.7 Å².